The first-order chi connectivity index (χ1) is 12.7. The summed E-state index contributed by atoms with van der Waals surface area (Å²) in [7, 11) is 0. The van der Waals surface area contributed by atoms with E-state index in [4.69, 9.17) is 4.52 Å². The molecule has 0 spiro atoms. The smallest absolute Gasteiger partial charge is 0.319 e. The lowest BCUT2D eigenvalue weighted by Crippen LogP contribution is -2.28. The van der Waals surface area contributed by atoms with Crippen molar-refractivity contribution in [3.05, 3.63) is 66.1 Å². The molecule has 7 nitrogen and oxygen atoms in total. The van der Waals surface area contributed by atoms with Gasteiger partial charge in [-0.1, -0.05) is 35.5 Å². The number of H-pyrrole nitrogens is 1. The summed E-state index contributed by atoms with van der Waals surface area (Å²) >= 11 is 0. The number of nitrogens with zero attached hydrogens (tertiary/aromatic N) is 2. The molecule has 2 amide bonds. The zero-order valence-corrected chi connectivity index (χ0v) is 14.1. The normalized spacial score (nSPS) is 10.8. The van der Waals surface area contributed by atoms with Crippen LogP contribution in [-0.2, 0) is 6.54 Å². The van der Waals surface area contributed by atoms with E-state index < -0.39 is 0 Å². The van der Waals surface area contributed by atoms with Gasteiger partial charge < -0.3 is 20.1 Å². The number of urea groups is 1. The van der Waals surface area contributed by atoms with Crippen molar-refractivity contribution in [2.45, 2.75) is 13.5 Å². The Morgan fingerprint density at radius 2 is 2.00 bits per heavy atom. The van der Waals surface area contributed by atoms with Gasteiger partial charge in [-0.15, -0.1) is 0 Å². The fourth-order valence-corrected chi connectivity index (χ4v) is 2.72. The largest absolute Gasteiger partial charge is 0.352 e. The fraction of sp³-hybridized carbons (Fsp3) is 0.105. The molecule has 0 unspecified atom stereocenters. The van der Waals surface area contributed by atoms with E-state index in [1.807, 2.05) is 48.5 Å². The SMILES string of the molecule is Cc1cccc2[nH]c(-c3noc(CNC(=O)Nc4ccccc4)n3)cc12. The molecular weight excluding hydrogens is 330 g/mol. The van der Waals surface area contributed by atoms with Crippen LogP contribution in [0.4, 0.5) is 10.5 Å². The number of nitrogens with one attached hydrogen (secondary N) is 3. The summed E-state index contributed by atoms with van der Waals surface area (Å²) in [5.41, 5.74) is 3.68. The minimum Gasteiger partial charge on any atom is -0.352 e. The summed E-state index contributed by atoms with van der Waals surface area (Å²) in [4.78, 5) is 19.5. The first-order valence-electron chi connectivity index (χ1n) is 8.20. The molecule has 0 bridgehead atoms. The van der Waals surface area contributed by atoms with Gasteiger partial charge in [-0.3, -0.25) is 0 Å². The molecule has 7 heteroatoms. The van der Waals surface area contributed by atoms with E-state index in [1.165, 1.54) is 5.56 Å². The molecule has 4 aromatic rings. The quantitative estimate of drug-likeness (QED) is 0.522. The highest BCUT2D eigenvalue weighted by atomic mass is 16.5. The third-order valence-corrected chi connectivity index (χ3v) is 4.02. The van der Waals surface area contributed by atoms with Crippen LogP contribution in [0, 0.1) is 6.92 Å². The molecule has 2 aromatic carbocycles. The van der Waals surface area contributed by atoms with Crippen LogP contribution in [0.25, 0.3) is 22.4 Å². The fourth-order valence-electron chi connectivity index (χ4n) is 2.72. The molecule has 3 N–H and O–H groups in total. The number of amides is 2. The predicted octanol–water partition coefficient (Wildman–Crippen LogP) is 3.85. The number of aromatic amines is 1. The third-order valence-electron chi connectivity index (χ3n) is 4.02. The number of fused-ring (bicyclic) bond motifs is 1. The second-order valence-corrected chi connectivity index (χ2v) is 5.90. The number of para-hydroxylation sites is 1. The van der Waals surface area contributed by atoms with Crippen LogP contribution in [0.1, 0.15) is 11.5 Å². The van der Waals surface area contributed by atoms with Crippen molar-refractivity contribution < 1.29 is 9.32 Å². The Hall–Kier alpha value is -3.61. The van der Waals surface area contributed by atoms with E-state index in [1.54, 1.807) is 0 Å². The lowest BCUT2D eigenvalue weighted by atomic mass is 10.1. The van der Waals surface area contributed by atoms with E-state index in [-0.39, 0.29) is 12.6 Å². The van der Waals surface area contributed by atoms with Crippen molar-refractivity contribution in [3.63, 3.8) is 0 Å². The van der Waals surface area contributed by atoms with Gasteiger partial charge in [0.25, 0.3) is 0 Å². The second kappa shape index (κ2) is 6.72. The molecular formula is C19H17N5O2. The summed E-state index contributed by atoms with van der Waals surface area (Å²) in [6.45, 7) is 2.20. The van der Waals surface area contributed by atoms with Crippen LogP contribution < -0.4 is 10.6 Å². The molecule has 2 heterocycles. The molecule has 0 aliphatic heterocycles. The summed E-state index contributed by atoms with van der Waals surface area (Å²) in [5.74, 6) is 0.791. The van der Waals surface area contributed by atoms with Gasteiger partial charge >= 0.3 is 6.03 Å². The molecule has 0 atom stereocenters. The van der Waals surface area contributed by atoms with E-state index in [0.29, 0.717) is 17.4 Å². The molecule has 130 valence electrons. The van der Waals surface area contributed by atoms with Crippen LogP contribution in [0.2, 0.25) is 0 Å². The number of hydrogen-bond donors (Lipinski definition) is 3. The Morgan fingerprint density at radius 3 is 2.81 bits per heavy atom. The third kappa shape index (κ3) is 3.27. The van der Waals surface area contributed by atoms with Crippen LogP contribution in [-0.4, -0.2) is 21.2 Å². The van der Waals surface area contributed by atoms with Gasteiger partial charge in [0.1, 0.15) is 0 Å². The van der Waals surface area contributed by atoms with Gasteiger partial charge in [0.2, 0.25) is 11.7 Å². The Balaban J connectivity index is 1.42. The highest BCUT2D eigenvalue weighted by Gasteiger charge is 2.12. The molecule has 0 aliphatic carbocycles. The number of anilines is 1. The average molecular weight is 347 g/mol. The summed E-state index contributed by atoms with van der Waals surface area (Å²) in [6, 6.07) is 16.9. The maximum Gasteiger partial charge on any atom is 0.319 e. The van der Waals surface area contributed by atoms with E-state index in [0.717, 1.165) is 16.6 Å². The van der Waals surface area contributed by atoms with Gasteiger partial charge in [0, 0.05) is 16.6 Å². The maximum atomic E-state index is 11.9. The van der Waals surface area contributed by atoms with Crippen molar-refractivity contribution in [2.75, 3.05) is 5.32 Å². The predicted molar refractivity (Wildman–Crippen MR) is 98.6 cm³/mol. The Kier molecular flexibility index (Phi) is 4.10. The van der Waals surface area contributed by atoms with Gasteiger partial charge in [-0.05, 0) is 36.8 Å². The van der Waals surface area contributed by atoms with Crippen molar-refractivity contribution >= 4 is 22.6 Å². The molecule has 0 aliphatic rings. The van der Waals surface area contributed by atoms with Gasteiger partial charge in [-0.2, -0.15) is 4.98 Å². The monoisotopic (exact) mass is 347 g/mol. The molecule has 26 heavy (non-hydrogen) atoms. The second-order valence-electron chi connectivity index (χ2n) is 5.90. The van der Waals surface area contributed by atoms with Crippen molar-refractivity contribution in [2.24, 2.45) is 0 Å². The molecule has 0 saturated carbocycles. The number of carbonyl (C=O) groups is 1. The van der Waals surface area contributed by atoms with Crippen LogP contribution in [0.3, 0.4) is 0 Å². The van der Waals surface area contributed by atoms with Crippen molar-refractivity contribution in [1.29, 1.82) is 0 Å². The zero-order chi connectivity index (χ0) is 17.9. The average Bonchev–Trinajstić information content (AvgIpc) is 3.28. The van der Waals surface area contributed by atoms with Crippen LogP contribution >= 0.6 is 0 Å². The molecule has 0 saturated heterocycles. The van der Waals surface area contributed by atoms with Crippen LogP contribution in [0.15, 0.2) is 59.1 Å². The van der Waals surface area contributed by atoms with E-state index in [2.05, 4.69) is 38.7 Å². The standard InChI is InChI=1S/C19H17N5O2/c1-12-6-5-9-15-14(12)10-16(22-15)18-23-17(26-24-18)11-20-19(25)21-13-7-3-2-4-8-13/h2-10,22H,11H2,1H3,(H2,20,21,25). The first-order valence-corrected chi connectivity index (χ1v) is 8.20. The summed E-state index contributed by atoms with van der Waals surface area (Å²) in [6.07, 6.45) is 0. The zero-order valence-electron chi connectivity index (χ0n) is 14.1. The van der Waals surface area contributed by atoms with E-state index >= 15 is 0 Å². The Labute approximate surface area is 149 Å². The van der Waals surface area contributed by atoms with E-state index in [9.17, 15) is 4.79 Å². The highest BCUT2D eigenvalue weighted by molar-refractivity contribution is 5.89. The molecule has 4 rings (SSSR count). The Morgan fingerprint density at radius 1 is 1.15 bits per heavy atom. The summed E-state index contributed by atoms with van der Waals surface area (Å²) < 4.78 is 5.22. The number of benzene rings is 2. The minimum absolute atomic E-state index is 0.144. The maximum absolute atomic E-state index is 11.9. The van der Waals surface area contributed by atoms with Crippen LogP contribution in [0.5, 0.6) is 0 Å². The van der Waals surface area contributed by atoms with Gasteiger partial charge in [0.05, 0.1) is 12.2 Å². The first kappa shape index (κ1) is 15.9. The molecule has 0 radical (unpaired) electrons. The summed E-state index contributed by atoms with van der Waals surface area (Å²) in [5, 5.41) is 10.5. The Bertz CT molecular complexity index is 1050. The molecule has 2 aromatic heterocycles. The highest BCUT2D eigenvalue weighted by Crippen LogP contribution is 2.24. The van der Waals surface area contributed by atoms with Crippen molar-refractivity contribution in [1.82, 2.24) is 20.4 Å². The lowest BCUT2D eigenvalue weighted by molar-refractivity contribution is 0.249. The number of carbonyl (C=O) groups excluding carboxylic acids is 1. The van der Waals surface area contributed by atoms with Gasteiger partial charge in [-0.25, -0.2) is 4.79 Å². The minimum atomic E-state index is -0.336. The topological polar surface area (TPSA) is 95.8 Å². The number of aromatic nitrogens is 3. The number of aryl methyl sites for hydroxylation is 1. The number of hydrogen-bond acceptors (Lipinski definition) is 4. The van der Waals surface area contributed by atoms with Gasteiger partial charge in [0.15, 0.2) is 0 Å². The number of rotatable bonds is 4. The van der Waals surface area contributed by atoms with Crippen molar-refractivity contribution in [3.8, 4) is 11.5 Å². The molecule has 0 fully saturated rings. The lowest BCUT2D eigenvalue weighted by Gasteiger charge is -2.04.